The fraction of sp³-hybridized carbons (Fsp3) is 0.529. The first kappa shape index (κ1) is 15.8. The van der Waals surface area contributed by atoms with E-state index in [-0.39, 0.29) is 23.5 Å². The van der Waals surface area contributed by atoms with Crippen molar-refractivity contribution in [3.05, 3.63) is 33.8 Å². The minimum Gasteiger partial charge on any atom is -0.342 e. The van der Waals surface area contributed by atoms with E-state index in [0.29, 0.717) is 34.6 Å². The largest absolute Gasteiger partial charge is 0.342 e. The first-order valence-corrected chi connectivity index (χ1v) is 8.51. The molecule has 22 heavy (non-hydrogen) atoms. The van der Waals surface area contributed by atoms with Gasteiger partial charge in [-0.1, -0.05) is 30.1 Å². The van der Waals surface area contributed by atoms with Crippen LogP contribution in [0.25, 0.3) is 0 Å². The van der Waals surface area contributed by atoms with Crippen LogP contribution in [0.2, 0.25) is 10.0 Å². The number of nitrogens with zero attached hydrogens (tertiary/aromatic N) is 1. The number of rotatable bonds is 3. The maximum atomic E-state index is 12.5. The van der Waals surface area contributed by atoms with Crippen LogP contribution in [0.1, 0.15) is 36.5 Å². The quantitative estimate of drug-likeness (QED) is 0.778. The van der Waals surface area contributed by atoms with E-state index in [2.05, 4.69) is 6.92 Å². The summed E-state index contributed by atoms with van der Waals surface area (Å²) in [6, 6.07) is 5.01. The molecule has 1 aromatic carbocycles. The van der Waals surface area contributed by atoms with Gasteiger partial charge in [0.2, 0.25) is 5.91 Å². The Morgan fingerprint density at radius 3 is 2.32 bits per heavy atom. The summed E-state index contributed by atoms with van der Waals surface area (Å²) in [7, 11) is 0. The Hall–Kier alpha value is -1.06. The monoisotopic (exact) mass is 339 g/mol. The van der Waals surface area contributed by atoms with Gasteiger partial charge >= 0.3 is 0 Å². The van der Waals surface area contributed by atoms with Crippen molar-refractivity contribution in [2.45, 2.75) is 26.2 Å². The number of benzene rings is 1. The number of piperidine rings is 1. The summed E-state index contributed by atoms with van der Waals surface area (Å²) in [5.41, 5.74) is 0.606. The molecule has 5 heteroatoms. The van der Waals surface area contributed by atoms with Gasteiger partial charge in [0.15, 0.2) is 5.78 Å². The molecule has 2 atom stereocenters. The minimum absolute atomic E-state index is 0.0297. The van der Waals surface area contributed by atoms with E-state index in [0.717, 1.165) is 19.3 Å². The van der Waals surface area contributed by atoms with Crippen molar-refractivity contribution >= 4 is 34.9 Å². The van der Waals surface area contributed by atoms with E-state index in [9.17, 15) is 9.59 Å². The number of hydrogen-bond acceptors (Lipinski definition) is 2. The average molecular weight is 340 g/mol. The summed E-state index contributed by atoms with van der Waals surface area (Å²) in [5.74, 6) is 1.10. The fourth-order valence-corrected chi connectivity index (χ4v) is 3.45. The van der Waals surface area contributed by atoms with E-state index in [1.807, 2.05) is 4.90 Å². The van der Waals surface area contributed by atoms with Gasteiger partial charge < -0.3 is 4.90 Å². The zero-order chi connectivity index (χ0) is 15.9. The number of carbonyl (C=O) groups excluding carboxylic acids is 2. The molecule has 2 unspecified atom stereocenters. The van der Waals surface area contributed by atoms with Crippen LogP contribution in [-0.4, -0.2) is 29.7 Å². The van der Waals surface area contributed by atoms with E-state index >= 15 is 0 Å². The molecule has 0 N–H and O–H groups in total. The lowest BCUT2D eigenvalue weighted by Crippen LogP contribution is -2.41. The smallest absolute Gasteiger partial charge is 0.225 e. The van der Waals surface area contributed by atoms with Crippen molar-refractivity contribution < 1.29 is 9.59 Å². The summed E-state index contributed by atoms with van der Waals surface area (Å²) in [5, 5.41) is 0.861. The van der Waals surface area contributed by atoms with Gasteiger partial charge in [-0.05, 0) is 43.4 Å². The van der Waals surface area contributed by atoms with Crippen LogP contribution in [0.3, 0.4) is 0 Å². The molecule has 0 radical (unpaired) electrons. The maximum Gasteiger partial charge on any atom is 0.225 e. The van der Waals surface area contributed by atoms with Gasteiger partial charge in [0.1, 0.15) is 0 Å². The highest BCUT2D eigenvalue weighted by Crippen LogP contribution is 2.40. The van der Waals surface area contributed by atoms with Crippen LogP contribution in [0.5, 0.6) is 0 Å². The zero-order valence-corrected chi connectivity index (χ0v) is 14.0. The maximum absolute atomic E-state index is 12.5. The van der Waals surface area contributed by atoms with Crippen LogP contribution in [0, 0.1) is 17.8 Å². The third kappa shape index (κ3) is 3.16. The predicted octanol–water partition coefficient (Wildman–Crippen LogP) is 4.07. The Balaban J connectivity index is 1.59. The summed E-state index contributed by atoms with van der Waals surface area (Å²) in [6.45, 7) is 3.47. The molecule has 1 aliphatic carbocycles. The molecule has 1 saturated carbocycles. The van der Waals surface area contributed by atoms with Gasteiger partial charge in [-0.15, -0.1) is 0 Å². The summed E-state index contributed by atoms with van der Waals surface area (Å²) < 4.78 is 0. The molecule has 3 rings (SSSR count). The normalized spacial score (nSPS) is 25.1. The van der Waals surface area contributed by atoms with Crippen molar-refractivity contribution in [1.29, 1.82) is 0 Å². The van der Waals surface area contributed by atoms with Gasteiger partial charge in [-0.25, -0.2) is 0 Å². The number of ketones is 1. The first-order valence-electron chi connectivity index (χ1n) is 7.75. The third-order valence-corrected chi connectivity index (χ3v) is 5.55. The Morgan fingerprint density at radius 1 is 1.14 bits per heavy atom. The number of likely N-dealkylation sites (tertiary alicyclic amines) is 1. The lowest BCUT2D eigenvalue weighted by molar-refractivity contribution is -0.134. The molecule has 0 bridgehead atoms. The van der Waals surface area contributed by atoms with Gasteiger partial charge in [0, 0.05) is 30.5 Å². The lowest BCUT2D eigenvalue weighted by Gasteiger charge is -2.31. The number of amides is 1. The second kappa shape index (κ2) is 6.21. The topological polar surface area (TPSA) is 37.4 Å². The standard InChI is InChI=1S/C17H19Cl2NO2/c1-10-8-13(10)17(22)20-6-4-11(5-7-20)16(21)12-2-3-14(18)15(19)9-12/h2-3,9-11,13H,4-8H2,1H3. The highest BCUT2D eigenvalue weighted by atomic mass is 35.5. The molecular weight excluding hydrogens is 321 g/mol. The Kier molecular flexibility index (Phi) is 4.47. The van der Waals surface area contributed by atoms with Crippen molar-refractivity contribution in [1.82, 2.24) is 4.90 Å². The number of halogens is 2. The van der Waals surface area contributed by atoms with E-state index in [1.165, 1.54) is 0 Å². The second-order valence-corrected chi connectivity index (χ2v) is 7.23. The van der Waals surface area contributed by atoms with Crippen molar-refractivity contribution in [3.8, 4) is 0 Å². The van der Waals surface area contributed by atoms with Crippen LogP contribution in [0.15, 0.2) is 18.2 Å². The Morgan fingerprint density at radius 2 is 1.77 bits per heavy atom. The minimum atomic E-state index is -0.0297. The van der Waals surface area contributed by atoms with Crippen LogP contribution in [0.4, 0.5) is 0 Å². The Labute approximate surface area is 140 Å². The fourth-order valence-electron chi connectivity index (χ4n) is 3.15. The van der Waals surface area contributed by atoms with Crippen molar-refractivity contribution in [2.75, 3.05) is 13.1 Å². The van der Waals surface area contributed by atoms with Gasteiger partial charge in [0.25, 0.3) is 0 Å². The first-order chi connectivity index (χ1) is 10.5. The molecular formula is C17H19Cl2NO2. The van der Waals surface area contributed by atoms with E-state index < -0.39 is 0 Å². The molecule has 1 saturated heterocycles. The van der Waals surface area contributed by atoms with Crippen molar-refractivity contribution in [2.24, 2.45) is 17.8 Å². The molecule has 2 fully saturated rings. The summed E-state index contributed by atoms with van der Waals surface area (Å²) >= 11 is 11.9. The molecule has 1 aromatic rings. The molecule has 0 spiro atoms. The molecule has 2 aliphatic rings. The SMILES string of the molecule is CC1CC1C(=O)N1CCC(C(=O)c2ccc(Cl)c(Cl)c2)CC1. The highest BCUT2D eigenvalue weighted by molar-refractivity contribution is 6.42. The number of carbonyl (C=O) groups is 2. The van der Waals surface area contributed by atoms with Crippen LogP contribution >= 0.6 is 23.2 Å². The Bertz CT molecular complexity index is 609. The van der Waals surface area contributed by atoms with E-state index in [1.54, 1.807) is 18.2 Å². The van der Waals surface area contributed by atoms with E-state index in [4.69, 9.17) is 23.2 Å². The summed E-state index contributed by atoms with van der Waals surface area (Å²) in [6.07, 6.45) is 2.47. The highest BCUT2D eigenvalue weighted by Gasteiger charge is 2.42. The second-order valence-electron chi connectivity index (χ2n) is 6.41. The molecule has 1 amide bonds. The number of hydrogen-bond donors (Lipinski definition) is 0. The zero-order valence-electron chi connectivity index (χ0n) is 12.5. The molecule has 1 heterocycles. The van der Waals surface area contributed by atoms with Crippen LogP contribution < -0.4 is 0 Å². The summed E-state index contributed by atoms with van der Waals surface area (Å²) in [4.78, 5) is 26.7. The lowest BCUT2D eigenvalue weighted by atomic mass is 9.88. The third-order valence-electron chi connectivity index (χ3n) is 4.81. The number of Topliss-reactive ketones (excluding diaryl/α,β-unsaturated/α-hetero) is 1. The molecule has 3 nitrogen and oxygen atoms in total. The molecule has 0 aromatic heterocycles. The van der Waals surface area contributed by atoms with Gasteiger partial charge in [-0.2, -0.15) is 0 Å². The van der Waals surface area contributed by atoms with Crippen LogP contribution in [-0.2, 0) is 4.79 Å². The van der Waals surface area contributed by atoms with Gasteiger partial charge in [-0.3, -0.25) is 9.59 Å². The van der Waals surface area contributed by atoms with Crippen molar-refractivity contribution in [3.63, 3.8) is 0 Å². The molecule has 1 aliphatic heterocycles. The average Bonchev–Trinajstić information content (AvgIpc) is 3.25. The molecule has 118 valence electrons. The van der Waals surface area contributed by atoms with Gasteiger partial charge in [0.05, 0.1) is 10.0 Å². The predicted molar refractivity (Wildman–Crippen MR) is 87.4 cm³/mol.